The first kappa shape index (κ1) is 29.6. The molecule has 4 rings (SSSR count). The minimum atomic E-state index is -4.97. The second-order valence-electron chi connectivity index (χ2n) is 9.41. The largest absolute Gasteiger partial charge is 0.494 e. The van der Waals surface area contributed by atoms with E-state index in [1.807, 2.05) is 31.2 Å². The maximum absolute atomic E-state index is 13.7. The van der Waals surface area contributed by atoms with Crippen LogP contribution in [0.5, 0.6) is 5.75 Å². The van der Waals surface area contributed by atoms with Crippen molar-refractivity contribution in [2.75, 3.05) is 6.61 Å². The lowest BCUT2D eigenvalue weighted by molar-refractivity contribution is -0.143. The Kier molecular flexibility index (Phi) is 8.69. The number of rotatable bonds is 10. The number of pyridine rings is 1. The number of hydrogen-bond acceptors (Lipinski definition) is 4. The van der Waals surface area contributed by atoms with E-state index in [0.29, 0.717) is 34.3 Å². The van der Waals surface area contributed by atoms with E-state index in [2.05, 4.69) is 10.1 Å². The number of halogens is 6. The average Bonchev–Trinajstić information content (AvgIpc) is 3.38. The Bertz CT molecular complexity index is 1500. The Morgan fingerprint density at radius 2 is 1.68 bits per heavy atom. The molecule has 216 valence electrons. The number of hydrogen-bond donors (Lipinski definition) is 1. The molecule has 2 aromatic heterocycles. The van der Waals surface area contributed by atoms with E-state index in [-0.39, 0.29) is 24.8 Å². The SMILES string of the molecule is CC(Cc1ccc(OCCCC(F)(F)F)cc1)c1ccccc1-c1cccc(-n2ncc(C(=O)O)c2C(F)(F)F)n1. The number of carboxylic acid groups (broad SMARTS) is 1. The van der Waals surface area contributed by atoms with Crippen LogP contribution in [-0.2, 0) is 12.6 Å². The highest BCUT2D eigenvalue weighted by Crippen LogP contribution is 2.35. The molecule has 2 heterocycles. The molecular formula is C29H25F6N3O3. The van der Waals surface area contributed by atoms with Gasteiger partial charge in [0.15, 0.2) is 11.5 Å². The predicted octanol–water partition coefficient (Wildman–Crippen LogP) is 7.72. The van der Waals surface area contributed by atoms with Crippen LogP contribution in [0.1, 0.15) is 52.9 Å². The van der Waals surface area contributed by atoms with Crippen LogP contribution in [0.15, 0.2) is 72.9 Å². The summed E-state index contributed by atoms with van der Waals surface area (Å²) in [6.07, 6.45) is -9.00. The number of carboxylic acids is 1. The Balaban J connectivity index is 1.54. The molecule has 0 radical (unpaired) electrons. The fourth-order valence-electron chi connectivity index (χ4n) is 4.45. The zero-order valence-electron chi connectivity index (χ0n) is 21.7. The molecule has 0 amide bonds. The lowest BCUT2D eigenvalue weighted by Crippen LogP contribution is -2.18. The van der Waals surface area contributed by atoms with Crippen molar-refractivity contribution >= 4 is 5.97 Å². The second kappa shape index (κ2) is 12.0. The van der Waals surface area contributed by atoms with Gasteiger partial charge in [0.05, 0.1) is 18.5 Å². The topological polar surface area (TPSA) is 77.2 Å². The van der Waals surface area contributed by atoms with E-state index in [0.717, 1.165) is 11.1 Å². The van der Waals surface area contributed by atoms with Gasteiger partial charge in [0.1, 0.15) is 11.3 Å². The molecule has 2 aromatic carbocycles. The normalized spacial score (nSPS) is 12.8. The Hall–Kier alpha value is -4.35. The summed E-state index contributed by atoms with van der Waals surface area (Å²) in [4.78, 5) is 15.8. The van der Waals surface area contributed by atoms with Gasteiger partial charge in [-0.1, -0.05) is 49.4 Å². The van der Waals surface area contributed by atoms with Crippen LogP contribution >= 0.6 is 0 Å². The third kappa shape index (κ3) is 7.44. The molecule has 1 N–H and O–H groups in total. The quantitative estimate of drug-likeness (QED) is 0.154. The Morgan fingerprint density at radius 3 is 2.34 bits per heavy atom. The van der Waals surface area contributed by atoms with Crippen LogP contribution in [0.4, 0.5) is 26.3 Å². The molecule has 0 spiro atoms. The molecule has 4 aromatic rings. The highest BCUT2D eigenvalue weighted by molar-refractivity contribution is 5.89. The van der Waals surface area contributed by atoms with Gasteiger partial charge >= 0.3 is 18.3 Å². The molecule has 1 unspecified atom stereocenters. The van der Waals surface area contributed by atoms with Gasteiger partial charge in [0.2, 0.25) is 0 Å². The molecule has 0 fully saturated rings. The van der Waals surface area contributed by atoms with Crippen LogP contribution in [0.25, 0.3) is 17.1 Å². The van der Waals surface area contributed by atoms with Gasteiger partial charge in [-0.15, -0.1) is 0 Å². The number of nitrogens with zero attached hydrogens (tertiary/aromatic N) is 3. The van der Waals surface area contributed by atoms with E-state index in [1.54, 1.807) is 30.3 Å². The van der Waals surface area contributed by atoms with E-state index < -0.39 is 36.0 Å². The van der Waals surface area contributed by atoms with E-state index in [1.165, 1.54) is 12.1 Å². The number of aromatic nitrogens is 3. The summed E-state index contributed by atoms with van der Waals surface area (Å²) < 4.78 is 84.0. The molecule has 0 bridgehead atoms. The van der Waals surface area contributed by atoms with Gasteiger partial charge in [-0.05, 0) is 54.2 Å². The second-order valence-corrected chi connectivity index (χ2v) is 9.41. The number of ether oxygens (including phenoxy) is 1. The van der Waals surface area contributed by atoms with Crippen molar-refractivity contribution in [3.8, 4) is 22.8 Å². The zero-order valence-corrected chi connectivity index (χ0v) is 21.7. The fraction of sp³-hybridized carbons (Fsp3) is 0.276. The number of carbonyl (C=O) groups is 1. The van der Waals surface area contributed by atoms with Crippen molar-refractivity contribution in [2.24, 2.45) is 0 Å². The first-order chi connectivity index (χ1) is 19.3. The van der Waals surface area contributed by atoms with Gasteiger partial charge in [-0.25, -0.2) is 14.5 Å². The van der Waals surface area contributed by atoms with E-state index in [9.17, 15) is 36.2 Å². The van der Waals surface area contributed by atoms with Crippen molar-refractivity contribution in [1.82, 2.24) is 14.8 Å². The predicted molar refractivity (Wildman–Crippen MR) is 138 cm³/mol. The van der Waals surface area contributed by atoms with Crippen LogP contribution in [0, 0.1) is 0 Å². The fourth-order valence-corrected chi connectivity index (χ4v) is 4.45. The Labute approximate surface area is 231 Å². The molecule has 0 aliphatic carbocycles. The molecule has 0 saturated carbocycles. The molecular weight excluding hydrogens is 552 g/mol. The minimum absolute atomic E-state index is 0.0463. The number of alkyl halides is 6. The van der Waals surface area contributed by atoms with Crippen LogP contribution in [0.3, 0.4) is 0 Å². The molecule has 41 heavy (non-hydrogen) atoms. The molecule has 6 nitrogen and oxygen atoms in total. The lowest BCUT2D eigenvalue weighted by Gasteiger charge is -2.18. The summed E-state index contributed by atoms with van der Waals surface area (Å²) in [6.45, 7) is 1.94. The highest BCUT2D eigenvalue weighted by atomic mass is 19.4. The summed E-state index contributed by atoms with van der Waals surface area (Å²) in [5.74, 6) is -1.52. The first-order valence-electron chi connectivity index (χ1n) is 12.6. The first-order valence-corrected chi connectivity index (χ1v) is 12.6. The summed E-state index contributed by atoms with van der Waals surface area (Å²) in [7, 11) is 0. The average molecular weight is 578 g/mol. The third-order valence-electron chi connectivity index (χ3n) is 6.33. The zero-order chi connectivity index (χ0) is 29.8. The van der Waals surface area contributed by atoms with E-state index >= 15 is 0 Å². The summed E-state index contributed by atoms with van der Waals surface area (Å²) in [5.41, 5.74) is 0.496. The summed E-state index contributed by atoms with van der Waals surface area (Å²) in [6, 6.07) is 18.8. The van der Waals surface area contributed by atoms with Gasteiger partial charge in [-0.3, -0.25) is 0 Å². The van der Waals surface area contributed by atoms with Crippen LogP contribution in [0.2, 0.25) is 0 Å². The van der Waals surface area contributed by atoms with Gasteiger partial charge in [0, 0.05) is 12.0 Å². The standard InChI is InChI=1S/C29H25F6N3O3/c1-18(16-19-10-12-20(13-11-19)41-15-5-14-28(30,31)32)21-6-2-3-7-22(21)24-8-4-9-25(37-24)38-26(29(33,34)35)23(17-36-38)27(39)40/h2-4,6-13,17-18H,5,14-16H2,1H3,(H,39,40). The van der Waals surface area contributed by atoms with Crippen molar-refractivity contribution in [2.45, 2.75) is 44.5 Å². The van der Waals surface area contributed by atoms with Crippen molar-refractivity contribution in [3.63, 3.8) is 0 Å². The number of benzene rings is 2. The monoisotopic (exact) mass is 577 g/mol. The maximum atomic E-state index is 13.7. The van der Waals surface area contributed by atoms with E-state index in [4.69, 9.17) is 4.74 Å². The summed E-state index contributed by atoms with van der Waals surface area (Å²) in [5, 5.41) is 12.9. The van der Waals surface area contributed by atoms with Gasteiger partial charge in [0.25, 0.3) is 0 Å². The van der Waals surface area contributed by atoms with Crippen molar-refractivity contribution < 1.29 is 41.0 Å². The maximum Gasteiger partial charge on any atom is 0.434 e. The molecule has 12 heteroatoms. The summed E-state index contributed by atoms with van der Waals surface area (Å²) >= 11 is 0. The number of aromatic carboxylic acids is 1. The lowest BCUT2D eigenvalue weighted by atomic mass is 9.89. The van der Waals surface area contributed by atoms with Crippen LogP contribution < -0.4 is 4.74 Å². The van der Waals surface area contributed by atoms with Crippen LogP contribution in [-0.4, -0.2) is 38.6 Å². The van der Waals surface area contributed by atoms with Crippen molar-refractivity contribution in [3.05, 3.63) is 95.3 Å². The molecule has 1 atom stereocenters. The minimum Gasteiger partial charge on any atom is -0.494 e. The van der Waals surface area contributed by atoms with Crippen molar-refractivity contribution in [1.29, 1.82) is 0 Å². The van der Waals surface area contributed by atoms with Gasteiger partial charge < -0.3 is 9.84 Å². The Morgan fingerprint density at radius 1 is 0.976 bits per heavy atom. The molecule has 0 aliphatic rings. The molecule has 0 saturated heterocycles. The van der Waals surface area contributed by atoms with Gasteiger partial charge in [-0.2, -0.15) is 31.4 Å². The molecule has 0 aliphatic heterocycles. The smallest absolute Gasteiger partial charge is 0.434 e. The third-order valence-corrected chi connectivity index (χ3v) is 6.33. The highest BCUT2D eigenvalue weighted by Gasteiger charge is 2.41.